The van der Waals surface area contributed by atoms with Crippen LogP contribution in [0.25, 0.3) is 10.2 Å². The van der Waals surface area contributed by atoms with E-state index in [1.165, 1.54) is 33.3 Å². The summed E-state index contributed by atoms with van der Waals surface area (Å²) >= 11 is 1.45. The fourth-order valence-corrected chi connectivity index (χ4v) is 6.62. The first-order valence-corrected chi connectivity index (χ1v) is 13.6. The van der Waals surface area contributed by atoms with Crippen LogP contribution in [0.3, 0.4) is 0 Å². The number of fused-ring (bicyclic) bond motifs is 1. The van der Waals surface area contributed by atoms with Gasteiger partial charge in [-0.3, -0.25) is 9.69 Å². The lowest BCUT2D eigenvalue weighted by molar-refractivity contribution is 0.0983. The monoisotopic (exact) mass is 495 g/mol. The fraction of sp³-hybridized carbons (Fsp3) is 0.280. The number of benzene rings is 2. The molecular formula is C25H25N3O4S2. The van der Waals surface area contributed by atoms with Crippen LogP contribution in [-0.2, 0) is 23.0 Å². The molecule has 0 saturated carbocycles. The molecule has 0 radical (unpaired) electrons. The van der Waals surface area contributed by atoms with Crippen LogP contribution in [0.1, 0.15) is 41.4 Å². The van der Waals surface area contributed by atoms with Gasteiger partial charge >= 0.3 is 0 Å². The highest BCUT2D eigenvalue weighted by Crippen LogP contribution is 2.32. The number of hydrogen-bond donors (Lipinski definition) is 0. The van der Waals surface area contributed by atoms with Crippen LogP contribution in [0.2, 0.25) is 0 Å². The molecule has 4 aromatic rings. The Morgan fingerprint density at radius 3 is 2.56 bits per heavy atom. The lowest BCUT2D eigenvalue weighted by Gasteiger charge is -2.19. The van der Waals surface area contributed by atoms with Gasteiger partial charge in [-0.1, -0.05) is 24.3 Å². The van der Waals surface area contributed by atoms with Gasteiger partial charge in [0, 0.05) is 18.7 Å². The van der Waals surface area contributed by atoms with E-state index in [2.05, 4.69) is 13.0 Å². The molecule has 0 aliphatic carbocycles. The van der Waals surface area contributed by atoms with Crippen LogP contribution >= 0.6 is 11.3 Å². The number of aromatic nitrogens is 1. The number of thiazole rings is 1. The maximum absolute atomic E-state index is 13.6. The van der Waals surface area contributed by atoms with Crippen molar-refractivity contribution in [1.82, 2.24) is 9.29 Å². The first-order chi connectivity index (χ1) is 16.5. The van der Waals surface area contributed by atoms with Crippen molar-refractivity contribution in [2.75, 3.05) is 18.0 Å². The minimum absolute atomic E-state index is 0.204. The Labute approximate surface area is 202 Å². The Kier molecular flexibility index (Phi) is 6.24. The largest absolute Gasteiger partial charge is 0.467 e. The van der Waals surface area contributed by atoms with E-state index in [0.717, 1.165) is 29.5 Å². The molecule has 0 N–H and O–H groups in total. The summed E-state index contributed by atoms with van der Waals surface area (Å²) in [4.78, 5) is 20.1. The summed E-state index contributed by atoms with van der Waals surface area (Å²) in [5.41, 5.74) is 2.43. The molecule has 2 aromatic heterocycles. The minimum atomic E-state index is -3.54. The van der Waals surface area contributed by atoms with Crippen molar-refractivity contribution < 1.29 is 17.6 Å². The summed E-state index contributed by atoms with van der Waals surface area (Å²) in [5.74, 6) is 0.367. The molecule has 1 aliphatic heterocycles. The van der Waals surface area contributed by atoms with Gasteiger partial charge in [0.1, 0.15) is 5.76 Å². The topological polar surface area (TPSA) is 83.7 Å². The number of hydrogen-bond acceptors (Lipinski definition) is 6. The van der Waals surface area contributed by atoms with Crippen LogP contribution in [0.4, 0.5) is 5.13 Å². The van der Waals surface area contributed by atoms with Gasteiger partial charge in [0.2, 0.25) is 10.0 Å². The van der Waals surface area contributed by atoms with Crippen molar-refractivity contribution in [3.05, 3.63) is 77.7 Å². The zero-order chi connectivity index (χ0) is 23.7. The zero-order valence-corrected chi connectivity index (χ0v) is 20.4. The second-order valence-corrected chi connectivity index (χ2v) is 11.2. The van der Waals surface area contributed by atoms with Crippen LogP contribution in [0.5, 0.6) is 0 Å². The van der Waals surface area contributed by atoms with E-state index in [1.807, 2.05) is 18.2 Å². The number of carbonyl (C=O) groups excluding carboxylic acids is 1. The van der Waals surface area contributed by atoms with Crippen LogP contribution < -0.4 is 4.90 Å². The highest BCUT2D eigenvalue weighted by molar-refractivity contribution is 7.89. The third-order valence-corrected chi connectivity index (χ3v) is 8.98. The third-order valence-electron chi connectivity index (χ3n) is 6.02. The van der Waals surface area contributed by atoms with Gasteiger partial charge in [-0.25, -0.2) is 13.4 Å². The molecule has 176 valence electrons. The number of carbonyl (C=O) groups is 1. The third kappa shape index (κ3) is 4.38. The second kappa shape index (κ2) is 9.32. The van der Waals surface area contributed by atoms with E-state index >= 15 is 0 Å². The molecule has 1 amide bonds. The van der Waals surface area contributed by atoms with Gasteiger partial charge in [-0.2, -0.15) is 4.31 Å². The molecule has 1 fully saturated rings. The fourth-order valence-electron chi connectivity index (χ4n) is 4.08. The Bertz CT molecular complexity index is 1400. The number of amides is 1. The van der Waals surface area contributed by atoms with Gasteiger partial charge in [-0.15, -0.1) is 0 Å². The van der Waals surface area contributed by atoms with Gasteiger partial charge < -0.3 is 4.42 Å². The number of rotatable bonds is 7. The first kappa shape index (κ1) is 22.8. The highest BCUT2D eigenvalue weighted by atomic mass is 32.2. The van der Waals surface area contributed by atoms with Crippen molar-refractivity contribution in [2.24, 2.45) is 0 Å². The Balaban J connectivity index is 1.47. The average molecular weight is 496 g/mol. The quantitative estimate of drug-likeness (QED) is 0.357. The first-order valence-electron chi connectivity index (χ1n) is 11.3. The molecule has 7 nitrogen and oxygen atoms in total. The lowest BCUT2D eigenvalue weighted by Crippen LogP contribution is -2.30. The standard InChI is InChI=1S/C25H25N3O4S2/c1-2-18-7-12-22-23(16-18)33-25(26-22)28(17-20-6-5-15-32-20)24(29)19-8-10-21(11-9-19)34(30,31)27-13-3-4-14-27/h5-12,15-16H,2-4,13-14,17H2,1H3. The van der Waals surface area contributed by atoms with Crippen molar-refractivity contribution in [3.63, 3.8) is 0 Å². The molecule has 3 heterocycles. The van der Waals surface area contributed by atoms with E-state index in [4.69, 9.17) is 9.40 Å². The van der Waals surface area contributed by atoms with Crippen molar-refractivity contribution in [1.29, 1.82) is 0 Å². The summed E-state index contributed by atoms with van der Waals surface area (Å²) < 4.78 is 33.7. The molecule has 0 atom stereocenters. The molecule has 1 saturated heterocycles. The molecule has 0 spiro atoms. The molecule has 2 aromatic carbocycles. The van der Waals surface area contributed by atoms with Gasteiger partial charge in [0.05, 0.1) is 27.9 Å². The molecule has 5 rings (SSSR count). The summed E-state index contributed by atoms with van der Waals surface area (Å²) in [6.07, 6.45) is 4.24. The maximum Gasteiger partial charge on any atom is 0.260 e. The Morgan fingerprint density at radius 2 is 1.88 bits per heavy atom. The molecule has 34 heavy (non-hydrogen) atoms. The number of nitrogens with zero attached hydrogens (tertiary/aromatic N) is 3. The molecule has 9 heteroatoms. The van der Waals surface area contributed by atoms with E-state index < -0.39 is 10.0 Å². The van der Waals surface area contributed by atoms with Crippen molar-refractivity contribution in [2.45, 2.75) is 37.6 Å². The highest BCUT2D eigenvalue weighted by Gasteiger charge is 2.28. The predicted octanol–water partition coefficient (Wildman–Crippen LogP) is 5.08. The molecule has 0 unspecified atom stereocenters. The van der Waals surface area contributed by atoms with Gasteiger partial charge in [0.25, 0.3) is 5.91 Å². The van der Waals surface area contributed by atoms with Crippen LogP contribution in [0.15, 0.2) is 70.2 Å². The normalized spacial score (nSPS) is 14.6. The zero-order valence-electron chi connectivity index (χ0n) is 18.8. The Hall–Kier alpha value is -3.01. The smallest absolute Gasteiger partial charge is 0.260 e. The Morgan fingerprint density at radius 1 is 1.12 bits per heavy atom. The van der Waals surface area contributed by atoms with E-state index in [0.29, 0.717) is 29.5 Å². The predicted molar refractivity (Wildman–Crippen MR) is 133 cm³/mol. The van der Waals surface area contributed by atoms with Crippen molar-refractivity contribution in [3.8, 4) is 0 Å². The van der Waals surface area contributed by atoms with Crippen LogP contribution in [0, 0.1) is 0 Å². The number of anilines is 1. The minimum Gasteiger partial charge on any atom is -0.467 e. The average Bonchev–Trinajstić information content (AvgIpc) is 3.63. The summed E-state index contributed by atoms with van der Waals surface area (Å²) in [6.45, 7) is 3.40. The van der Waals surface area contributed by atoms with E-state index in [9.17, 15) is 13.2 Å². The summed E-state index contributed by atoms with van der Waals surface area (Å²) in [5, 5.41) is 0.568. The second-order valence-electron chi connectivity index (χ2n) is 8.26. The van der Waals surface area contributed by atoms with Gasteiger partial charge in [-0.05, 0) is 73.4 Å². The van der Waals surface area contributed by atoms with E-state index in [-0.39, 0.29) is 17.3 Å². The molecular weight excluding hydrogens is 470 g/mol. The molecule has 1 aliphatic rings. The summed E-state index contributed by atoms with van der Waals surface area (Å²) in [7, 11) is -3.54. The maximum atomic E-state index is 13.6. The SMILES string of the molecule is CCc1ccc2nc(N(Cc3ccco3)C(=O)c3ccc(S(=O)(=O)N4CCCC4)cc3)sc2c1. The number of aryl methyl sites for hydroxylation is 1. The summed E-state index contributed by atoms with van der Waals surface area (Å²) in [6, 6.07) is 15.9. The van der Waals surface area contributed by atoms with Crippen molar-refractivity contribution >= 4 is 42.6 Å². The number of furan rings is 1. The number of sulfonamides is 1. The van der Waals surface area contributed by atoms with Gasteiger partial charge in [0.15, 0.2) is 5.13 Å². The molecule has 0 bridgehead atoms. The lowest BCUT2D eigenvalue weighted by atomic mass is 10.2. The van der Waals surface area contributed by atoms with Crippen LogP contribution in [-0.4, -0.2) is 36.7 Å². The van der Waals surface area contributed by atoms with E-state index in [1.54, 1.807) is 29.4 Å².